The molecule has 92 valence electrons. The van der Waals surface area contributed by atoms with Crippen LogP contribution in [0, 0.1) is 0 Å². The Hall–Kier alpha value is -1.26. The van der Waals surface area contributed by atoms with E-state index < -0.39 is 18.2 Å². The number of methoxy groups -OCH3 is 2. The van der Waals surface area contributed by atoms with Crippen LogP contribution in [0.4, 0.5) is 0 Å². The Balaban J connectivity index is 3.06. The zero-order valence-corrected chi connectivity index (χ0v) is 10.8. The van der Waals surface area contributed by atoms with Crippen LogP contribution in [0.1, 0.15) is 16.8 Å². The van der Waals surface area contributed by atoms with E-state index in [1.165, 1.54) is 26.4 Å². The minimum absolute atomic E-state index is 0.0968. The molecule has 17 heavy (non-hydrogen) atoms. The Morgan fingerprint density at radius 2 is 1.71 bits per heavy atom. The third kappa shape index (κ3) is 3.35. The van der Waals surface area contributed by atoms with Gasteiger partial charge in [-0.25, -0.2) is 0 Å². The predicted molar refractivity (Wildman–Crippen MR) is 64.0 cm³/mol. The molecule has 0 N–H and O–H groups in total. The van der Waals surface area contributed by atoms with E-state index in [0.29, 0.717) is 5.75 Å². The maximum Gasteiger partial charge on any atom is 0.313 e. The summed E-state index contributed by atoms with van der Waals surface area (Å²) in [6.07, 6.45) is -0.401. The van der Waals surface area contributed by atoms with E-state index in [1.54, 1.807) is 0 Å². The number of hydrogen-bond donors (Lipinski definition) is 0. The van der Waals surface area contributed by atoms with E-state index in [2.05, 4.69) is 4.74 Å². The van der Waals surface area contributed by atoms with Gasteiger partial charge in [0.25, 0.3) is 0 Å². The number of benzene rings is 1. The van der Waals surface area contributed by atoms with Crippen LogP contribution in [0.15, 0.2) is 12.1 Å². The van der Waals surface area contributed by atoms with Gasteiger partial charge in [-0.2, -0.15) is 0 Å². The molecule has 1 aromatic rings. The first-order valence-electron chi connectivity index (χ1n) is 4.62. The third-order valence-electron chi connectivity index (χ3n) is 2.06. The average molecular weight is 277 g/mol. The lowest BCUT2D eigenvalue weighted by Crippen LogP contribution is -2.10. The highest BCUT2D eigenvalue weighted by atomic mass is 35.5. The summed E-state index contributed by atoms with van der Waals surface area (Å²) in [5, 5.41) is 0.284. The molecule has 0 saturated heterocycles. The molecule has 0 atom stereocenters. The first-order chi connectivity index (χ1) is 7.99. The Morgan fingerprint density at radius 1 is 1.18 bits per heavy atom. The van der Waals surface area contributed by atoms with Gasteiger partial charge in [0.2, 0.25) is 0 Å². The molecule has 0 spiro atoms. The van der Waals surface area contributed by atoms with Crippen molar-refractivity contribution in [3.63, 3.8) is 0 Å². The topological polar surface area (TPSA) is 52.6 Å². The molecule has 0 radical (unpaired) electrons. The van der Waals surface area contributed by atoms with Crippen molar-refractivity contribution in [1.82, 2.24) is 0 Å². The van der Waals surface area contributed by atoms with Crippen LogP contribution in [-0.4, -0.2) is 26.0 Å². The molecule has 0 aliphatic carbocycles. The molecular weight excluding hydrogens is 267 g/mol. The maximum atomic E-state index is 11.7. The fourth-order valence-electron chi connectivity index (χ4n) is 1.23. The van der Waals surface area contributed by atoms with E-state index in [4.69, 9.17) is 27.9 Å². The van der Waals surface area contributed by atoms with Crippen molar-refractivity contribution in [3.05, 3.63) is 27.7 Å². The Morgan fingerprint density at radius 3 is 2.12 bits per heavy atom. The summed E-state index contributed by atoms with van der Waals surface area (Å²) in [4.78, 5) is 22.7. The van der Waals surface area contributed by atoms with E-state index in [1.807, 2.05) is 0 Å². The zero-order valence-electron chi connectivity index (χ0n) is 9.25. The Kier molecular flexibility index (Phi) is 4.78. The normalized spacial score (nSPS) is 9.88. The second-order valence-electron chi connectivity index (χ2n) is 3.14. The van der Waals surface area contributed by atoms with Crippen LogP contribution >= 0.6 is 23.2 Å². The van der Waals surface area contributed by atoms with Gasteiger partial charge >= 0.3 is 5.97 Å². The molecular formula is C11H10Cl2O4. The van der Waals surface area contributed by atoms with Crippen LogP contribution in [0.5, 0.6) is 5.75 Å². The molecule has 4 nitrogen and oxygen atoms in total. The number of Topliss-reactive ketones (excluding diaryl/α,β-unsaturated/α-hetero) is 1. The monoisotopic (exact) mass is 276 g/mol. The van der Waals surface area contributed by atoms with Gasteiger partial charge in [-0.05, 0) is 12.1 Å². The third-order valence-corrected chi connectivity index (χ3v) is 2.66. The van der Waals surface area contributed by atoms with Crippen molar-refractivity contribution < 1.29 is 19.1 Å². The fourth-order valence-corrected chi connectivity index (χ4v) is 1.90. The van der Waals surface area contributed by atoms with E-state index in [0.717, 1.165) is 0 Å². The summed E-state index contributed by atoms with van der Waals surface area (Å²) in [6.45, 7) is 0. The fraction of sp³-hybridized carbons (Fsp3) is 0.273. The summed E-state index contributed by atoms with van der Waals surface area (Å²) in [6, 6.07) is 2.91. The molecule has 6 heteroatoms. The van der Waals surface area contributed by atoms with Crippen molar-refractivity contribution in [2.24, 2.45) is 0 Å². The molecule has 0 amide bonds. The molecule has 1 aromatic carbocycles. The maximum absolute atomic E-state index is 11.7. The molecule has 0 saturated carbocycles. The predicted octanol–water partition coefficient (Wildman–Crippen LogP) is 2.75. The lowest BCUT2D eigenvalue weighted by molar-refractivity contribution is -0.139. The molecule has 1 rings (SSSR count). The summed E-state index contributed by atoms with van der Waals surface area (Å²) in [5.41, 5.74) is 0.0968. The number of esters is 1. The highest BCUT2D eigenvalue weighted by Crippen LogP contribution is 2.31. The van der Waals surface area contributed by atoms with E-state index >= 15 is 0 Å². The number of carbonyl (C=O) groups excluding carboxylic acids is 2. The molecule has 0 heterocycles. The van der Waals surface area contributed by atoms with Crippen molar-refractivity contribution >= 4 is 35.0 Å². The molecule has 0 fully saturated rings. The van der Waals surface area contributed by atoms with Gasteiger partial charge in [-0.3, -0.25) is 9.59 Å². The molecule has 0 aromatic heterocycles. The number of carbonyl (C=O) groups is 2. The van der Waals surface area contributed by atoms with Crippen LogP contribution in [0.2, 0.25) is 10.0 Å². The van der Waals surface area contributed by atoms with Gasteiger partial charge in [0.1, 0.15) is 12.2 Å². The number of halogens is 2. The average Bonchev–Trinajstić information content (AvgIpc) is 2.27. The first kappa shape index (κ1) is 13.8. The zero-order chi connectivity index (χ0) is 13.0. The van der Waals surface area contributed by atoms with Crippen LogP contribution in [0.3, 0.4) is 0 Å². The van der Waals surface area contributed by atoms with Crippen molar-refractivity contribution in [2.75, 3.05) is 14.2 Å². The van der Waals surface area contributed by atoms with Gasteiger partial charge in [0.05, 0.1) is 29.8 Å². The second kappa shape index (κ2) is 5.89. The SMILES string of the molecule is COC(=O)CC(=O)c1c(Cl)cc(OC)cc1Cl. The minimum Gasteiger partial charge on any atom is -0.497 e. The highest BCUT2D eigenvalue weighted by Gasteiger charge is 2.19. The number of ether oxygens (including phenoxy) is 2. The molecule has 0 aliphatic heterocycles. The summed E-state index contributed by atoms with van der Waals surface area (Å²) in [7, 11) is 2.66. The van der Waals surface area contributed by atoms with Crippen LogP contribution in [0.25, 0.3) is 0 Å². The number of hydrogen-bond acceptors (Lipinski definition) is 4. The van der Waals surface area contributed by atoms with Crippen molar-refractivity contribution in [2.45, 2.75) is 6.42 Å². The first-order valence-corrected chi connectivity index (χ1v) is 5.38. The Labute approximate surface area is 108 Å². The van der Waals surface area contributed by atoms with E-state index in [-0.39, 0.29) is 15.6 Å². The molecule has 0 aliphatic rings. The summed E-state index contributed by atoms with van der Waals surface area (Å²) < 4.78 is 9.34. The standard InChI is InChI=1S/C11H10Cl2O4/c1-16-6-3-7(12)11(8(13)4-6)9(14)5-10(15)17-2/h3-4H,5H2,1-2H3. The van der Waals surface area contributed by atoms with Gasteiger partial charge in [-0.15, -0.1) is 0 Å². The summed E-state index contributed by atoms with van der Waals surface area (Å²) >= 11 is 11.8. The smallest absolute Gasteiger partial charge is 0.313 e. The van der Waals surface area contributed by atoms with E-state index in [9.17, 15) is 9.59 Å². The molecule has 0 bridgehead atoms. The Bertz CT molecular complexity index is 434. The molecule has 0 unspecified atom stereocenters. The van der Waals surface area contributed by atoms with Crippen molar-refractivity contribution in [3.8, 4) is 5.75 Å². The van der Waals surface area contributed by atoms with Gasteiger partial charge in [0.15, 0.2) is 5.78 Å². The summed E-state index contributed by atoms with van der Waals surface area (Å²) in [5.74, 6) is -0.693. The minimum atomic E-state index is -0.641. The lowest BCUT2D eigenvalue weighted by Gasteiger charge is -2.08. The van der Waals surface area contributed by atoms with Crippen LogP contribution in [-0.2, 0) is 9.53 Å². The quantitative estimate of drug-likeness (QED) is 0.482. The highest BCUT2D eigenvalue weighted by molar-refractivity contribution is 6.40. The largest absolute Gasteiger partial charge is 0.497 e. The van der Waals surface area contributed by atoms with Gasteiger partial charge < -0.3 is 9.47 Å². The lowest BCUT2D eigenvalue weighted by atomic mass is 10.1. The van der Waals surface area contributed by atoms with Gasteiger partial charge in [-0.1, -0.05) is 23.2 Å². The van der Waals surface area contributed by atoms with Crippen LogP contribution < -0.4 is 4.74 Å². The second-order valence-corrected chi connectivity index (χ2v) is 3.96. The van der Waals surface area contributed by atoms with Gasteiger partial charge in [0, 0.05) is 0 Å². The number of ketones is 1. The van der Waals surface area contributed by atoms with Crippen molar-refractivity contribution in [1.29, 1.82) is 0 Å². The number of rotatable bonds is 4.